The zero-order valence-electron chi connectivity index (χ0n) is 13.9. The Hall–Kier alpha value is 0.01000. The summed E-state index contributed by atoms with van der Waals surface area (Å²) in [5.74, 6) is 0.774. The highest BCUT2D eigenvalue weighted by Crippen LogP contribution is 2.42. The maximum atomic E-state index is 6.62. The van der Waals surface area contributed by atoms with Crippen molar-refractivity contribution in [3.8, 4) is 0 Å². The van der Waals surface area contributed by atoms with E-state index in [0.29, 0.717) is 6.04 Å². The highest BCUT2D eigenvalue weighted by molar-refractivity contribution is 6.31. The number of nitrogens with zero attached hydrogens (tertiary/aromatic N) is 1. The average Bonchev–Trinajstić information content (AvgIpc) is 2.53. The molecule has 1 N–H and O–H groups in total. The topological polar surface area (TPSA) is 15.3 Å². The van der Waals surface area contributed by atoms with Crippen LogP contribution in [0.15, 0.2) is 18.2 Å². The van der Waals surface area contributed by atoms with Gasteiger partial charge in [-0.15, -0.1) is 24.8 Å². The van der Waals surface area contributed by atoms with Crippen LogP contribution in [0.5, 0.6) is 0 Å². The number of aryl methyl sites for hydroxylation is 1. The fourth-order valence-corrected chi connectivity index (χ4v) is 4.48. The summed E-state index contributed by atoms with van der Waals surface area (Å²) < 4.78 is 0. The fourth-order valence-electron chi connectivity index (χ4n) is 4.15. The number of piperazine rings is 1. The fraction of sp³-hybridized carbons (Fsp3) is 0.667. The van der Waals surface area contributed by atoms with Gasteiger partial charge in [0.1, 0.15) is 0 Å². The largest absolute Gasteiger partial charge is 0.314 e. The normalized spacial score (nSPS) is 21.1. The smallest absolute Gasteiger partial charge is 0.0456 e. The van der Waals surface area contributed by atoms with E-state index in [2.05, 4.69) is 35.3 Å². The molecule has 1 aliphatic carbocycles. The van der Waals surface area contributed by atoms with Crippen molar-refractivity contribution in [2.24, 2.45) is 5.92 Å². The van der Waals surface area contributed by atoms with Crippen LogP contribution in [-0.2, 0) is 0 Å². The van der Waals surface area contributed by atoms with Gasteiger partial charge in [0, 0.05) is 37.2 Å². The Morgan fingerprint density at radius 2 is 1.74 bits per heavy atom. The lowest BCUT2D eigenvalue weighted by molar-refractivity contribution is 0.103. The van der Waals surface area contributed by atoms with E-state index < -0.39 is 0 Å². The molecule has 0 spiro atoms. The van der Waals surface area contributed by atoms with Crippen molar-refractivity contribution in [3.63, 3.8) is 0 Å². The van der Waals surface area contributed by atoms with E-state index in [1.54, 1.807) is 0 Å². The lowest BCUT2D eigenvalue weighted by atomic mass is 9.79. The predicted octanol–water partition coefficient (Wildman–Crippen LogP) is 5.02. The first-order valence-corrected chi connectivity index (χ1v) is 8.85. The van der Waals surface area contributed by atoms with Gasteiger partial charge in [-0.3, -0.25) is 4.90 Å². The molecule has 23 heavy (non-hydrogen) atoms. The SMILES string of the molecule is Cc1cccc(Cl)c1[C@H](C1CCCCC1)N1CCNCC1.Cl.Cl. The van der Waals surface area contributed by atoms with Gasteiger partial charge >= 0.3 is 0 Å². The van der Waals surface area contributed by atoms with Crippen LogP contribution in [0.2, 0.25) is 5.02 Å². The molecular weight excluding hydrogens is 351 g/mol. The lowest BCUT2D eigenvalue weighted by Crippen LogP contribution is -2.47. The molecule has 0 bridgehead atoms. The maximum Gasteiger partial charge on any atom is 0.0456 e. The van der Waals surface area contributed by atoms with E-state index in [4.69, 9.17) is 11.6 Å². The van der Waals surface area contributed by atoms with Gasteiger partial charge in [-0.25, -0.2) is 0 Å². The second kappa shape index (κ2) is 10.1. The summed E-state index contributed by atoms with van der Waals surface area (Å²) in [7, 11) is 0. The van der Waals surface area contributed by atoms with E-state index in [-0.39, 0.29) is 24.8 Å². The van der Waals surface area contributed by atoms with E-state index in [9.17, 15) is 0 Å². The molecule has 2 fully saturated rings. The Bertz CT molecular complexity index is 431. The van der Waals surface area contributed by atoms with Crippen LogP contribution in [-0.4, -0.2) is 31.1 Å². The number of nitrogens with one attached hydrogen (secondary N) is 1. The van der Waals surface area contributed by atoms with Gasteiger partial charge in [-0.1, -0.05) is 43.0 Å². The molecule has 0 amide bonds. The van der Waals surface area contributed by atoms with E-state index >= 15 is 0 Å². The first-order chi connectivity index (χ1) is 10.3. The van der Waals surface area contributed by atoms with Gasteiger partial charge in [0.25, 0.3) is 0 Å². The second-order valence-corrected chi connectivity index (χ2v) is 7.01. The first kappa shape index (κ1) is 21.1. The molecule has 1 atom stereocenters. The van der Waals surface area contributed by atoms with Crippen LogP contribution < -0.4 is 5.32 Å². The molecule has 1 saturated carbocycles. The molecule has 3 rings (SSSR count). The minimum Gasteiger partial charge on any atom is -0.314 e. The van der Waals surface area contributed by atoms with Gasteiger partial charge in [0.15, 0.2) is 0 Å². The van der Waals surface area contributed by atoms with E-state index in [0.717, 1.165) is 37.1 Å². The second-order valence-electron chi connectivity index (χ2n) is 6.60. The van der Waals surface area contributed by atoms with Crippen LogP contribution in [0.4, 0.5) is 0 Å². The number of benzene rings is 1. The third kappa shape index (κ3) is 4.99. The van der Waals surface area contributed by atoms with Crippen molar-refractivity contribution in [2.75, 3.05) is 26.2 Å². The van der Waals surface area contributed by atoms with Crippen LogP contribution in [0.25, 0.3) is 0 Å². The lowest BCUT2D eigenvalue weighted by Gasteiger charge is -2.42. The summed E-state index contributed by atoms with van der Waals surface area (Å²) in [6.07, 6.45) is 6.90. The zero-order chi connectivity index (χ0) is 14.7. The molecule has 1 aromatic rings. The summed E-state index contributed by atoms with van der Waals surface area (Å²) >= 11 is 6.62. The minimum atomic E-state index is 0. The Balaban J connectivity index is 0.00000132. The summed E-state index contributed by atoms with van der Waals surface area (Å²) in [5, 5.41) is 4.44. The van der Waals surface area contributed by atoms with Crippen molar-refractivity contribution in [1.82, 2.24) is 10.2 Å². The Morgan fingerprint density at radius 1 is 1.09 bits per heavy atom. The van der Waals surface area contributed by atoms with Crippen LogP contribution in [0.1, 0.15) is 49.3 Å². The molecule has 5 heteroatoms. The molecule has 1 heterocycles. The third-order valence-corrected chi connectivity index (χ3v) is 5.54. The number of rotatable bonds is 3. The van der Waals surface area contributed by atoms with Crippen molar-refractivity contribution in [2.45, 2.75) is 45.1 Å². The van der Waals surface area contributed by atoms with E-state index in [1.165, 1.54) is 43.2 Å². The summed E-state index contributed by atoms with van der Waals surface area (Å²) in [5.41, 5.74) is 2.75. The van der Waals surface area contributed by atoms with Gasteiger partial charge in [0.05, 0.1) is 0 Å². The molecule has 1 saturated heterocycles. The first-order valence-electron chi connectivity index (χ1n) is 8.47. The van der Waals surface area contributed by atoms with Gasteiger partial charge in [-0.05, 0) is 42.9 Å². The van der Waals surface area contributed by atoms with Crippen LogP contribution >= 0.6 is 36.4 Å². The molecule has 2 aliphatic rings. The molecule has 0 unspecified atom stereocenters. The quantitative estimate of drug-likeness (QED) is 0.793. The minimum absolute atomic E-state index is 0. The molecule has 2 nitrogen and oxygen atoms in total. The highest BCUT2D eigenvalue weighted by Gasteiger charge is 2.32. The van der Waals surface area contributed by atoms with Crippen molar-refractivity contribution in [3.05, 3.63) is 34.3 Å². The Kier molecular flexibility index (Phi) is 9.25. The van der Waals surface area contributed by atoms with Gasteiger partial charge in [0.2, 0.25) is 0 Å². The van der Waals surface area contributed by atoms with Crippen molar-refractivity contribution < 1.29 is 0 Å². The van der Waals surface area contributed by atoms with Crippen LogP contribution in [0.3, 0.4) is 0 Å². The Labute approximate surface area is 158 Å². The van der Waals surface area contributed by atoms with Crippen LogP contribution in [0, 0.1) is 12.8 Å². The maximum absolute atomic E-state index is 6.62. The number of halogens is 3. The summed E-state index contributed by atoms with van der Waals surface area (Å²) in [6, 6.07) is 6.89. The molecule has 1 aliphatic heterocycles. The summed E-state index contributed by atoms with van der Waals surface area (Å²) in [4.78, 5) is 2.68. The zero-order valence-corrected chi connectivity index (χ0v) is 16.3. The van der Waals surface area contributed by atoms with Gasteiger partial charge in [-0.2, -0.15) is 0 Å². The highest BCUT2D eigenvalue weighted by atomic mass is 35.5. The van der Waals surface area contributed by atoms with Crippen molar-refractivity contribution in [1.29, 1.82) is 0 Å². The molecule has 0 radical (unpaired) electrons. The monoisotopic (exact) mass is 378 g/mol. The molecular formula is C18H29Cl3N2. The molecule has 0 aromatic heterocycles. The summed E-state index contributed by atoms with van der Waals surface area (Å²) in [6.45, 7) is 6.72. The third-order valence-electron chi connectivity index (χ3n) is 5.21. The van der Waals surface area contributed by atoms with E-state index in [1.807, 2.05) is 0 Å². The molecule has 132 valence electrons. The van der Waals surface area contributed by atoms with Crippen molar-refractivity contribution >= 4 is 36.4 Å². The molecule has 1 aromatic carbocycles. The number of hydrogen-bond acceptors (Lipinski definition) is 2. The predicted molar refractivity (Wildman–Crippen MR) is 104 cm³/mol. The average molecular weight is 380 g/mol. The standard InChI is InChI=1S/C18H27ClN2.2ClH/c1-14-6-5-9-16(19)17(14)18(15-7-3-2-4-8-15)21-12-10-20-11-13-21;;/h5-6,9,15,18,20H,2-4,7-8,10-13H2,1H3;2*1H/t18-;;/m0../s1. The number of hydrogen-bond donors (Lipinski definition) is 1. The van der Waals surface area contributed by atoms with Gasteiger partial charge < -0.3 is 5.32 Å². The Morgan fingerprint density at radius 3 is 2.35 bits per heavy atom.